The molecule has 30 heavy (non-hydrogen) atoms. The molecule has 2 aliphatic rings. The van der Waals surface area contributed by atoms with Crippen molar-refractivity contribution in [1.29, 1.82) is 5.26 Å². The van der Waals surface area contributed by atoms with Crippen LogP contribution in [-0.4, -0.2) is 55.4 Å². The van der Waals surface area contributed by atoms with E-state index in [1.165, 1.54) is 0 Å². The van der Waals surface area contributed by atoms with Gasteiger partial charge < -0.3 is 10.3 Å². The van der Waals surface area contributed by atoms with Gasteiger partial charge in [0.1, 0.15) is 5.82 Å². The largest absolute Gasteiger partial charge is 0.345 e. The molecule has 3 aromatic heterocycles. The molecule has 0 unspecified atom stereocenters. The molecule has 3 aromatic rings. The Morgan fingerprint density at radius 2 is 2.17 bits per heavy atom. The summed E-state index contributed by atoms with van der Waals surface area (Å²) in [7, 11) is -3.63. The van der Waals surface area contributed by atoms with Gasteiger partial charge in [0.2, 0.25) is 0 Å². The zero-order valence-electron chi connectivity index (χ0n) is 16.7. The number of aromatic nitrogens is 5. The molecule has 0 saturated heterocycles. The third-order valence-electron chi connectivity index (χ3n) is 5.93. The molecule has 0 bridgehead atoms. The van der Waals surface area contributed by atoms with Crippen molar-refractivity contribution < 1.29 is 13.0 Å². The van der Waals surface area contributed by atoms with Crippen LogP contribution in [0.3, 0.4) is 0 Å². The lowest BCUT2D eigenvalue weighted by atomic mass is 9.93. The first-order valence-electron chi connectivity index (χ1n) is 10.2. The van der Waals surface area contributed by atoms with Crippen molar-refractivity contribution in [3.05, 3.63) is 24.3 Å². The monoisotopic (exact) mass is 431 g/mol. The third-order valence-corrected chi connectivity index (χ3v) is 7.25. The topological polar surface area (TPSA) is 149 Å². The molecule has 2 saturated carbocycles. The van der Waals surface area contributed by atoms with E-state index in [-0.39, 0.29) is 0 Å². The summed E-state index contributed by atoms with van der Waals surface area (Å²) in [4.78, 5) is 7.52. The Labute approximate surface area is 174 Å². The maximum atomic E-state index is 9.95. The van der Waals surface area contributed by atoms with E-state index in [0.717, 1.165) is 41.9 Å². The van der Waals surface area contributed by atoms with Crippen LogP contribution < -0.4 is 5.32 Å². The molecule has 3 atom stereocenters. The molecule has 5 rings (SSSR count). The van der Waals surface area contributed by atoms with E-state index in [2.05, 4.69) is 42.9 Å². The first-order valence-corrected chi connectivity index (χ1v) is 11.7. The van der Waals surface area contributed by atoms with Crippen LogP contribution in [0.5, 0.6) is 0 Å². The molecule has 3 N–H and O–H groups in total. The zero-order chi connectivity index (χ0) is 21.3. The second-order valence-electron chi connectivity index (χ2n) is 7.92. The van der Waals surface area contributed by atoms with Gasteiger partial charge in [-0.25, -0.2) is 4.98 Å². The van der Waals surface area contributed by atoms with E-state index >= 15 is 0 Å². The summed E-state index contributed by atoms with van der Waals surface area (Å²) in [6, 6.07) is 4.56. The molecule has 2 aliphatic carbocycles. The highest BCUT2D eigenvalue weighted by atomic mass is 32.2. The first-order chi connectivity index (χ1) is 14.4. The average Bonchev–Trinajstić information content (AvgIpc) is 3.16. The number of H-pyrrole nitrogens is 1. The second kappa shape index (κ2) is 8.29. The van der Waals surface area contributed by atoms with Crippen molar-refractivity contribution in [3.8, 4) is 6.07 Å². The Kier molecular flexibility index (Phi) is 5.73. The third kappa shape index (κ3) is 4.16. The number of fused-ring (bicyclic) bond motifs is 3. The van der Waals surface area contributed by atoms with E-state index in [0.29, 0.717) is 37.3 Å². The highest BCUT2D eigenvalue weighted by Gasteiger charge is 2.37. The van der Waals surface area contributed by atoms with Crippen molar-refractivity contribution in [2.45, 2.75) is 56.2 Å². The average molecular weight is 432 g/mol. The normalized spacial score (nSPS) is 24.0. The minimum atomic E-state index is -3.63. The van der Waals surface area contributed by atoms with Gasteiger partial charge in [0.15, 0.2) is 11.3 Å². The smallest absolute Gasteiger partial charge is 0.267 e. The van der Waals surface area contributed by atoms with Gasteiger partial charge in [-0.1, -0.05) is 13.3 Å². The molecule has 10 nitrogen and oxygen atoms in total. The predicted molar refractivity (Wildman–Crippen MR) is 110 cm³/mol. The van der Waals surface area contributed by atoms with Gasteiger partial charge in [0.25, 0.3) is 10.1 Å². The molecule has 0 radical (unpaired) electrons. The Morgan fingerprint density at radius 3 is 2.80 bits per heavy atom. The number of nitriles is 1. The highest BCUT2D eigenvalue weighted by molar-refractivity contribution is 7.86. The lowest BCUT2D eigenvalue weighted by Gasteiger charge is -2.16. The SMILES string of the molecule is CC[C@@H]1C[C@H](NCC#N)C[C@@H]1c1nnc2cnc3[nH]ccc3n12.O=S(=O)(O)C1CC1. The Bertz CT molecular complexity index is 1180. The molecule has 0 spiro atoms. The zero-order valence-corrected chi connectivity index (χ0v) is 17.5. The van der Waals surface area contributed by atoms with Gasteiger partial charge >= 0.3 is 0 Å². The number of nitrogens with one attached hydrogen (secondary N) is 2. The minimum absolute atomic E-state index is 0.353. The lowest BCUT2D eigenvalue weighted by Crippen LogP contribution is -2.26. The van der Waals surface area contributed by atoms with Gasteiger partial charge in [0.05, 0.1) is 29.6 Å². The van der Waals surface area contributed by atoms with Crippen LogP contribution in [0.4, 0.5) is 0 Å². The van der Waals surface area contributed by atoms with Gasteiger partial charge in [-0.05, 0) is 37.7 Å². The summed E-state index contributed by atoms with van der Waals surface area (Å²) in [6.45, 7) is 2.63. The first kappa shape index (κ1) is 20.7. The van der Waals surface area contributed by atoms with Crippen molar-refractivity contribution >= 4 is 26.9 Å². The maximum Gasteiger partial charge on any atom is 0.267 e. The molecule has 160 valence electrons. The quantitative estimate of drug-likeness (QED) is 0.410. The van der Waals surface area contributed by atoms with E-state index in [1.54, 1.807) is 6.20 Å². The number of aromatic amines is 1. The molecule has 3 heterocycles. The number of hydrogen-bond donors (Lipinski definition) is 3. The van der Waals surface area contributed by atoms with Crippen LogP contribution in [0.2, 0.25) is 0 Å². The maximum absolute atomic E-state index is 9.95. The summed E-state index contributed by atoms with van der Waals surface area (Å²) in [6.07, 6.45) is 8.11. The standard InChI is InChI=1S/C16H19N7.C3H6O3S/c1-2-10-7-11(18-6-4-17)8-12(10)16-22-21-14-9-20-15-13(23(14)16)3-5-19-15;4-7(5,6)3-1-2-3/h3,5,9-12,18-19H,2,6-8H2,1H3;3H,1-2H2,(H,4,5,6)/t10-,11+,12+;/m1./s1. The summed E-state index contributed by atoms with van der Waals surface area (Å²) in [5, 5.41) is 20.5. The van der Waals surface area contributed by atoms with Crippen LogP contribution in [-0.2, 0) is 10.1 Å². The highest BCUT2D eigenvalue weighted by Crippen LogP contribution is 2.41. The fourth-order valence-corrected chi connectivity index (χ4v) is 4.98. The minimum Gasteiger partial charge on any atom is -0.345 e. The van der Waals surface area contributed by atoms with E-state index in [1.807, 2.05) is 12.3 Å². The van der Waals surface area contributed by atoms with Crippen LogP contribution in [0.1, 0.15) is 50.8 Å². The van der Waals surface area contributed by atoms with Gasteiger partial charge in [0, 0.05) is 18.2 Å². The van der Waals surface area contributed by atoms with E-state index in [4.69, 9.17) is 9.81 Å². The number of rotatable bonds is 5. The van der Waals surface area contributed by atoms with Gasteiger partial charge in [-0.2, -0.15) is 13.7 Å². The predicted octanol–water partition coefficient (Wildman–Crippen LogP) is 2.03. The van der Waals surface area contributed by atoms with Crippen LogP contribution >= 0.6 is 0 Å². The van der Waals surface area contributed by atoms with Crippen LogP contribution in [0.25, 0.3) is 16.8 Å². The van der Waals surface area contributed by atoms with Crippen LogP contribution in [0, 0.1) is 17.2 Å². The van der Waals surface area contributed by atoms with Crippen LogP contribution in [0.15, 0.2) is 18.5 Å². The number of hydrogen-bond acceptors (Lipinski definition) is 7. The Balaban J connectivity index is 0.000000265. The molecular formula is C19H25N7O3S. The van der Waals surface area contributed by atoms with Gasteiger partial charge in [-0.3, -0.25) is 8.95 Å². The summed E-state index contributed by atoms with van der Waals surface area (Å²) >= 11 is 0. The second-order valence-corrected chi connectivity index (χ2v) is 9.61. The van der Waals surface area contributed by atoms with Gasteiger partial charge in [-0.15, -0.1) is 10.2 Å². The summed E-state index contributed by atoms with van der Waals surface area (Å²) < 4.78 is 30.2. The van der Waals surface area contributed by atoms with E-state index in [9.17, 15) is 8.42 Å². The Morgan fingerprint density at radius 1 is 1.37 bits per heavy atom. The Hall–Kier alpha value is -2.55. The van der Waals surface area contributed by atoms with Crippen molar-refractivity contribution in [3.63, 3.8) is 0 Å². The summed E-state index contributed by atoms with van der Waals surface area (Å²) in [5.74, 6) is 1.92. The molecule has 2 fully saturated rings. The van der Waals surface area contributed by atoms with Crippen molar-refractivity contribution in [2.75, 3.05) is 6.54 Å². The van der Waals surface area contributed by atoms with E-state index < -0.39 is 15.4 Å². The molecule has 0 aromatic carbocycles. The molecular weight excluding hydrogens is 406 g/mol. The molecule has 0 amide bonds. The molecule has 11 heteroatoms. The summed E-state index contributed by atoms with van der Waals surface area (Å²) in [5.41, 5.74) is 2.66. The lowest BCUT2D eigenvalue weighted by molar-refractivity contribution is 0.447. The van der Waals surface area contributed by atoms with Crippen molar-refractivity contribution in [2.24, 2.45) is 5.92 Å². The molecule has 0 aliphatic heterocycles. The van der Waals surface area contributed by atoms with Crippen molar-refractivity contribution in [1.82, 2.24) is 29.9 Å². The number of nitrogens with zero attached hydrogens (tertiary/aromatic N) is 5. The fourth-order valence-electron chi connectivity index (χ4n) is 4.25. The fraction of sp³-hybridized carbons (Fsp3) is 0.579.